The summed E-state index contributed by atoms with van der Waals surface area (Å²) in [7, 11) is -6.49. The van der Waals surface area contributed by atoms with E-state index in [1.54, 1.807) is 17.6 Å². The van der Waals surface area contributed by atoms with Crippen molar-refractivity contribution in [3.05, 3.63) is 40.7 Å². The molecule has 1 aromatic heterocycles. The number of hydrogen-bond acceptors (Lipinski definition) is 9. The Balaban J connectivity index is 1.10. The molecular weight excluding hydrogens is 606 g/mol. The molecule has 1 N–H and O–H groups in total. The fraction of sp³-hybridized carbons (Fsp3) is 0.667. The molecule has 14 heteroatoms. The topological polar surface area (TPSA) is 138 Å². The maximum absolute atomic E-state index is 13.1. The summed E-state index contributed by atoms with van der Waals surface area (Å²) in [6, 6.07) is 9.26. The number of rotatable bonds is 11. The highest BCUT2D eigenvalue weighted by Gasteiger charge is 2.41. The molecule has 3 atom stereocenters. The van der Waals surface area contributed by atoms with Crippen LogP contribution in [-0.4, -0.2) is 116 Å². The van der Waals surface area contributed by atoms with Crippen molar-refractivity contribution in [1.82, 2.24) is 24.0 Å². The van der Waals surface area contributed by atoms with Crippen LogP contribution in [0.3, 0.4) is 0 Å². The Hall–Kier alpha value is -2.52. The van der Waals surface area contributed by atoms with Crippen molar-refractivity contribution in [3.63, 3.8) is 0 Å². The summed E-state index contributed by atoms with van der Waals surface area (Å²) in [5, 5.41) is 3.77. The molecule has 244 valence electrons. The Labute approximate surface area is 260 Å². The van der Waals surface area contributed by atoms with Crippen LogP contribution in [0.2, 0.25) is 0 Å². The minimum absolute atomic E-state index is 0.00612. The quantitative estimate of drug-likeness (QED) is 0.387. The lowest BCUT2D eigenvalue weighted by Gasteiger charge is -2.39. The van der Waals surface area contributed by atoms with Crippen LogP contribution in [0.1, 0.15) is 52.5 Å². The fourth-order valence-electron chi connectivity index (χ4n) is 6.93. The largest absolute Gasteiger partial charge is 0.413 e. The van der Waals surface area contributed by atoms with E-state index in [1.807, 2.05) is 43.0 Å². The molecule has 2 bridgehead atoms. The van der Waals surface area contributed by atoms with Gasteiger partial charge in [-0.3, -0.25) is 14.6 Å². The van der Waals surface area contributed by atoms with E-state index in [0.717, 1.165) is 23.7 Å². The second kappa shape index (κ2) is 13.5. The van der Waals surface area contributed by atoms with Crippen LogP contribution in [0, 0.1) is 0 Å². The summed E-state index contributed by atoms with van der Waals surface area (Å²) in [4.78, 5) is 30.3. The molecule has 2 aromatic rings. The van der Waals surface area contributed by atoms with Gasteiger partial charge in [-0.2, -0.15) is 4.31 Å². The first kappa shape index (κ1) is 32.9. The van der Waals surface area contributed by atoms with Gasteiger partial charge in [0.05, 0.1) is 22.8 Å². The van der Waals surface area contributed by atoms with Gasteiger partial charge in [-0.1, -0.05) is 18.2 Å². The number of nitrogens with one attached hydrogen (secondary N) is 1. The van der Waals surface area contributed by atoms with Gasteiger partial charge in [-0.05, 0) is 58.6 Å². The molecule has 5 rings (SSSR count). The van der Waals surface area contributed by atoms with Gasteiger partial charge in [-0.15, -0.1) is 0 Å². The molecule has 3 fully saturated rings. The number of sulfonamides is 1. The fourth-order valence-corrected chi connectivity index (χ4v) is 9.24. The summed E-state index contributed by atoms with van der Waals surface area (Å²) in [6.07, 6.45) is 2.65. The van der Waals surface area contributed by atoms with E-state index in [2.05, 4.69) is 10.2 Å². The highest BCUT2D eigenvalue weighted by Crippen LogP contribution is 2.35. The predicted octanol–water partition coefficient (Wildman–Crippen LogP) is 2.05. The zero-order valence-corrected chi connectivity index (χ0v) is 27.5. The number of pyridine rings is 1. The SMILES string of the molecule is CCS(=O)(=O)N1CCN(CCS(=O)(=O)CCN2[C@@H]3CC[C@H]2C[C@H](NC(=O)Oc2cc4ccccc4n(C(C)C)c2=O)C3)CC1. The lowest BCUT2D eigenvalue weighted by Crippen LogP contribution is -2.52. The van der Waals surface area contributed by atoms with Crippen LogP contribution in [0.4, 0.5) is 4.79 Å². The normalized spacial score (nSPS) is 23.8. The van der Waals surface area contributed by atoms with Crippen molar-refractivity contribution in [3.8, 4) is 5.75 Å². The van der Waals surface area contributed by atoms with E-state index < -0.39 is 26.0 Å². The molecule has 3 aliphatic rings. The van der Waals surface area contributed by atoms with Crippen molar-refractivity contribution >= 4 is 36.9 Å². The minimum Gasteiger partial charge on any atom is -0.404 e. The van der Waals surface area contributed by atoms with Crippen molar-refractivity contribution in [1.29, 1.82) is 0 Å². The van der Waals surface area contributed by atoms with Crippen LogP contribution in [-0.2, 0) is 19.9 Å². The van der Waals surface area contributed by atoms with Crippen molar-refractivity contribution < 1.29 is 26.4 Å². The third-order valence-corrected chi connectivity index (χ3v) is 12.8. The zero-order valence-electron chi connectivity index (χ0n) is 25.9. The number of aromatic nitrogens is 1. The Morgan fingerprint density at radius 1 is 0.977 bits per heavy atom. The number of ether oxygens (including phenoxy) is 1. The van der Waals surface area contributed by atoms with Crippen molar-refractivity contribution in [2.75, 3.05) is 56.5 Å². The van der Waals surface area contributed by atoms with Gasteiger partial charge in [0.25, 0.3) is 5.56 Å². The van der Waals surface area contributed by atoms with E-state index in [4.69, 9.17) is 4.74 Å². The molecule has 0 aliphatic carbocycles. The van der Waals surface area contributed by atoms with Gasteiger partial charge in [0.2, 0.25) is 10.0 Å². The lowest BCUT2D eigenvalue weighted by atomic mass is 9.97. The van der Waals surface area contributed by atoms with E-state index in [0.29, 0.717) is 52.1 Å². The molecule has 0 spiro atoms. The smallest absolute Gasteiger partial charge is 0.404 e. The number of carbonyl (C=O) groups excluding carboxylic acids is 1. The van der Waals surface area contributed by atoms with Gasteiger partial charge >= 0.3 is 6.09 Å². The first-order valence-electron chi connectivity index (χ1n) is 15.7. The number of para-hydroxylation sites is 1. The van der Waals surface area contributed by atoms with Gasteiger partial charge in [0.1, 0.15) is 0 Å². The Morgan fingerprint density at radius 2 is 1.61 bits per heavy atom. The number of hydrogen-bond donors (Lipinski definition) is 1. The average molecular weight is 652 g/mol. The summed E-state index contributed by atoms with van der Waals surface area (Å²) in [5.74, 6) is 0.203. The second-order valence-corrected chi connectivity index (χ2v) is 17.0. The molecule has 0 saturated carbocycles. The van der Waals surface area contributed by atoms with Gasteiger partial charge in [-0.25, -0.2) is 21.6 Å². The maximum Gasteiger partial charge on any atom is 0.413 e. The summed E-state index contributed by atoms with van der Waals surface area (Å²) >= 11 is 0. The molecule has 12 nitrogen and oxygen atoms in total. The van der Waals surface area contributed by atoms with Crippen LogP contribution < -0.4 is 15.6 Å². The predicted molar refractivity (Wildman–Crippen MR) is 170 cm³/mol. The Morgan fingerprint density at radius 3 is 2.25 bits per heavy atom. The van der Waals surface area contributed by atoms with E-state index >= 15 is 0 Å². The number of carbonyl (C=O) groups is 1. The number of benzene rings is 1. The molecule has 44 heavy (non-hydrogen) atoms. The van der Waals surface area contributed by atoms with E-state index in [9.17, 15) is 26.4 Å². The number of nitrogens with zero attached hydrogens (tertiary/aromatic N) is 4. The molecule has 3 saturated heterocycles. The Kier molecular flexibility index (Phi) is 10.0. The lowest BCUT2D eigenvalue weighted by molar-refractivity contribution is 0.121. The first-order chi connectivity index (χ1) is 20.9. The summed E-state index contributed by atoms with van der Waals surface area (Å²) < 4.78 is 58.6. The van der Waals surface area contributed by atoms with Gasteiger partial charge in [0.15, 0.2) is 15.6 Å². The third-order valence-electron chi connectivity index (χ3n) is 9.31. The van der Waals surface area contributed by atoms with E-state index in [-0.39, 0.29) is 52.7 Å². The number of sulfone groups is 1. The average Bonchev–Trinajstić information content (AvgIpc) is 3.23. The van der Waals surface area contributed by atoms with Crippen molar-refractivity contribution in [2.45, 2.75) is 70.6 Å². The van der Waals surface area contributed by atoms with Gasteiger partial charge in [0, 0.05) is 68.8 Å². The second-order valence-electron chi connectivity index (χ2n) is 12.5. The summed E-state index contributed by atoms with van der Waals surface area (Å²) in [6.45, 7) is 8.20. The molecule has 0 radical (unpaired) electrons. The summed E-state index contributed by atoms with van der Waals surface area (Å²) in [5.41, 5.74) is 0.436. The third kappa shape index (κ3) is 7.47. The number of piperazine rings is 1. The molecular formula is C30H45N5O7S2. The highest BCUT2D eigenvalue weighted by molar-refractivity contribution is 7.91. The monoisotopic (exact) mass is 651 g/mol. The number of amides is 1. The highest BCUT2D eigenvalue weighted by atomic mass is 32.2. The molecule has 3 aliphatic heterocycles. The van der Waals surface area contributed by atoms with Crippen molar-refractivity contribution in [2.24, 2.45) is 0 Å². The molecule has 1 amide bonds. The standard InChI is InChI=1S/C30H45N5O7S2/c1-4-44(40,41)33-13-11-32(12-14-33)15-17-43(38,39)18-16-34-25-9-10-26(34)21-24(20-25)31-30(37)42-28-19-23-7-5-6-8-27(23)35(22(2)3)29(28)36/h5-8,19,22,24-26H,4,9-18,20-21H2,1-3H3,(H,31,37)/t24-,25-,26+. The minimum atomic E-state index is -3.28. The molecule has 0 unspecified atom stereocenters. The molecule has 4 heterocycles. The van der Waals surface area contributed by atoms with Crippen LogP contribution >= 0.6 is 0 Å². The number of piperidine rings is 1. The van der Waals surface area contributed by atoms with Crippen LogP contribution in [0.25, 0.3) is 10.9 Å². The van der Waals surface area contributed by atoms with E-state index in [1.165, 1.54) is 4.31 Å². The molecule has 1 aromatic carbocycles. The Bertz CT molecular complexity index is 1600. The van der Waals surface area contributed by atoms with Crippen LogP contribution in [0.15, 0.2) is 35.1 Å². The maximum atomic E-state index is 13.1. The van der Waals surface area contributed by atoms with Crippen LogP contribution in [0.5, 0.6) is 5.75 Å². The first-order valence-corrected chi connectivity index (χ1v) is 19.1. The van der Waals surface area contributed by atoms with Gasteiger partial charge < -0.3 is 14.6 Å². The zero-order chi connectivity index (χ0) is 31.6. The number of fused-ring (bicyclic) bond motifs is 3.